The van der Waals surface area contributed by atoms with E-state index in [0.29, 0.717) is 25.2 Å². The van der Waals surface area contributed by atoms with E-state index in [-0.39, 0.29) is 12.1 Å². The van der Waals surface area contributed by atoms with E-state index < -0.39 is 17.6 Å². The number of ether oxygens (including phenoxy) is 1. The lowest BCUT2D eigenvalue weighted by Gasteiger charge is -2.14. The van der Waals surface area contributed by atoms with Crippen molar-refractivity contribution in [3.05, 3.63) is 40.6 Å². The van der Waals surface area contributed by atoms with E-state index in [1.165, 1.54) is 0 Å². The van der Waals surface area contributed by atoms with Crippen LogP contribution in [-0.4, -0.2) is 41.6 Å². The molecule has 1 aromatic rings. The van der Waals surface area contributed by atoms with Crippen LogP contribution in [0.15, 0.2) is 24.0 Å². The van der Waals surface area contributed by atoms with E-state index in [0.717, 1.165) is 16.0 Å². The molecule has 0 aromatic heterocycles. The predicted octanol–water partition coefficient (Wildman–Crippen LogP) is 2.37. The lowest BCUT2D eigenvalue weighted by atomic mass is 10.00. The Morgan fingerprint density at radius 1 is 1.14 bits per heavy atom. The highest BCUT2D eigenvalue weighted by Gasteiger charge is 2.38. The Kier molecular flexibility index (Phi) is 4.98. The molecule has 0 fully saturated rings. The van der Waals surface area contributed by atoms with Crippen LogP contribution in [0.25, 0.3) is 5.57 Å². The van der Waals surface area contributed by atoms with Gasteiger partial charge in [0.25, 0.3) is 11.8 Å². The summed E-state index contributed by atoms with van der Waals surface area (Å²) in [6.45, 7) is 7.10. The van der Waals surface area contributed by atoms with Crippen LogP contribution in [0.2, 0.25) is 0 Å². The van der Waals surface area contributed by atoms with Crippen molar-refractivity contribution in [3.63, 3.8) is 0 Å². The first-order valence-corrected chi connectivity index (χ1v) is 7.42. The Labute approximate surface area is 130 Å². The summed E-state index contributed by atoms with van der Waals surface area (Å²) in [7, 11) is 0. The van der Waals surface area contributed by atoms with Crippen LogP contribution in [0.4, 0.5) is 0 Å². The summed E-state index contributed by atoms with van der Waals surface area (Å²) >= 11 is 0. The Morgan fingerprint density at radius 2 is 1.86 bits per heavy atom. The lowest BCUT2D eigenvalue weighted by molar-refractivity contribution is -0.138. The van der Waals surface area contributed by atoms with E-state index in [2.05, 4.69) is 0 Å². The molecule has 0 aliphatic carbocycles. The zero-order valence-corrected chi connectivity index (χ0v) is 13.2. The first kappa shape index (κ1) is 16.2. The van der Waals surface area contributed by atoms with Gasteiger partial charge in [0.05, 0.1) is 5.57 Å². The Bertz CT molecular complexity index is 634. The van der Waals surface area contributed by atoms with E-state index in [4.69, 9.17) is 4.74 Å². The molecule has 22 heavy (non-hydrogen) atoms. The van der Waals surface area contributed by atoms with Crippen molar-refractivity contribution in [3.8, 4) is 0 Å². The number of aliphatic hydroxyl groups is 1. The number of benzene rings is 1. The molecule has 0 saturated carbocycles. The van der Waals surface area contributed by atoms with Crippen LogP contribution in [0.5, 0.6) is 0 Å². The molecule has 1 N–H and O–H groups in total. The Balaban J connectivity index is 2.20. The van der Waals surface area contributed by atoms with Crippen molar-refractivity contribution >= 4 is 17.4 Å². The Morgan fingerprint density at radius 3 is 2.50 bits per heavy atom. The maximum absolute atomic E-state index is 12.4. The molecule has 1 aliphatic rings. The van der Waals surface area contributed by atoms with Crippen LogP contribution in [0.3, 0.4) is 0 Å². The second kappa shape index (κ2) is 6.75. The van der Waals surface area contributed by atoms with Gasteiger partial charge >= 0.3 is 0 Å². The van der Waals surface area contributed by atoms with Gasteiger partial charge in [0.2, 0.25) is 0 Å². The molecule has 0 bridgehead atoms. The summed E-state index contributed by atoms with van der Waals surface area (Å²) < 4.78 is 5.21. The van der Waals surface area contributed by atoms with Crippen molar-refractivity contribution in [1.29, 1.82) is 0 Å². The minimum absolute atomic E-state index is 0.0875. The third-order valence-electron chi connectivity index (χ3n) is 3.81. The van der Waals surface area contributed by atoms with E-state index in [1.807, 2.05) is 32.9 Å². The molecule has 118 valence electrons. The third-order valence-corrected chi connectivity index (χ3v) is 3.81. The summed E-state index contributed by atoms with van der Waals surface area (Å²) in [6.07, 6.45) is 0.554. The number of rotatable bonds is 6. The highest BCUT2D eigenvalue weighted by atomic mass is 16.5. The lowest BCUT2D eigenvalue weighted by Crippen LogP contribution is -2.33. The van der Waals surface area contributed by atoms with Gasteiger partial charge in [0, 0.05) is 19.8 Å². The number of imide groups is 1. The molecule has 1 aliphatic heterocycles. The maximum atomic E-state index is 12.4. The summed E-state index contributed by atoms with van der Waals surface area (Å²) in [6, 6.07) is 5.44. The normalized spacial score (nSPS) is 15.1. The van der Waals surface area contributed by atoms with Gasteiger partial charge in [-0.3, -0.25) is 14.5 Å². The van der Waals surface area contributed by atoms with Crippen LogP contribution < -0.4 is 0 Å². The van der Waals surface area contributed by atoms with Crippen molar-refractivity contribution in [2.75, 3.05) is 19.8 Å². The number of nitrogens with zero attached hydrogens (tertiary/aromatic N) is 1. The van der Waals surface area contributed by atoms with Gasteiger partial charge in [-0.15, -0.1) is 0 Å². The summed E-state index contributed by atoms with van der Waals surface area (Å²) in [5.41, 5.74) is 2.76. The second-order valence-electron chi connectivity index (χ2n) is 5.34. The largest absolute Gasteiger partial charge is 0.502 e. The van der Waals surface area contributed by atoms with E-state index in [9.17, 15) is 14.7 Å². The van der Waals surface area contributed by atoms with Gasteiger partial charge < -0.3 is 9.84 Å². The maximum Gasteiger partial charge on any atom is 0.296 e. The van der Waals surface area contributed by atoms with E-state index >= 15 is 0 Å². The first-order valence-electron chi connectivity index (χ1n) is 7.42. The standard InChI is InChI=1S/C17H21NO4/c1-4-22-9-5-8-18-16(20)14(15(19)17(18)21)13-7-6-11(2)12(3)10-13/h6-7,10,19H,4-5,8-9H2,1-3H3. The van der Waals surface area contributed by atoms with Gasteiger partial charge in [-0.2, -0.15) is 0 Å². The molecule has 0 spiro atoms. The highest BCUT2D eigenvalue weighted by molar-refractivity contribution is 6.34. The molecule has 0 saturated heterocycles. The van der Waals surface area contributed by atoms with Gasteiger partial charge in [0.15, 0.2) is 5.76 Å². The molecule has 0 unspecified atom stereocenters. The fraction of sp³-hybridized carbons (Fsp3) is 0.412. The zero-order chi connectivity index (χ0) is 16.3. The van der Waals surface area contributed by atoms with Crippen molar-refractivity contribution in [2.24, 2.45) is 0 Å². The number of aliphatic hydroxyl groups excluding tert-OH is 1. The van der Waals surface area contributed by atoms with Gasteiger partial charge in [-0.05, 0) is 43.9 Å². The molecule has 0 atom stereocenters. The van der Waals surface area contributed by atoms with Gasteiger partial charge in [0.1, 0.15) is 0 Å². The number of hydrogen-bond donors (Lipinski definition) is 1. The molecule has 5 nitrogen and oxygen atoms in total. The SMILES string of the molecule is CCOCCCN1C(=O)C(O)=C(c2ccc(C)c(C)c2)C1=O. The van der Waals surface area contributed by atoms with Crippen molar-refractivity contribution in [2.45, 2.75) is 27.2 Å². The first-order chi connectivity index (χ1) is 10.5. The molecular weight excluding hydrogens is 282 g/mol. The zero-order valence-electron chi connectivity index (χ0n) is 13.2. The van der Waals surface area contributed by atoms with E-state index in [1.54, 1.807) is 6.07 Å². The van der Waals surface area contributed by atoms with Crippen LogP contribution in [-0.2, 0) is 14.3 Å². The molecular formula is C17H21NO4. The smallest absolute Gasteiger partial charge is 0.296 e. The molecule has 1 heterocycles. The van der Waals surface area contributed by atoms with Crippen LogP contribution in [0, 0.1) is 13.8 Å². The summed E-state index contributed by atoms with van der Waals surface area (Å²) in [4.78, 5) is 25.6. The fourth-order valence-corrected chi connectivity index (χ4v) is 2.39. The molecule has 2 amide bonds. The third kappa shape index (κ3) is 3.04. The van der Waals surface area contributed by atoms with Crippen molar-refractivity contribution < 1.29 is 19.4 Å². The summed E-state index contributed by atoms with van der Waals surface area (Å²) in [5, 5.41) is 10.1. The molecule has 1 aromatic carbocycles. The second-order valence-corrected chi connectivity index (χ2v) is 5.34. The summed E-state index contributed by atoms with van der Waals surface area (Å²) in [5.74, 6) is -1.54. The minimum atomic E-state index is -0.630. The number of carbonyl (C=O) groups excluding carboxylic acids is 2. The topological polar surface area (TPSA) is 66.8 Å². The number of amides is 2. The number of hydrogen-bond acceptors (Lipinski definition) is 4. The quantitative estimate of drug-likeness (QED) is 0.647. The van der Waals surface area contributed by atoms with Crippen LogP contribution in [0.1, 0.15) is 30.0 Å². The molecule has 5 heteroatoms. The predicted molar refractivity (Wildman–Crippen MR) is 83.3 cm³/mol. The number of aryl methyl sites for hydroxylation is 2. The Hall–Kier alpha value is -2.14. The average Bonchev–Trinajstić information content (AvgIpc) is 2.70. The molecule has 2 rings (SSSR count). The van der Waals surface area contributed by atoms with Gasteiger partial charge in [-0.25, -0.2) is 0 Å². The highest BCUT2D eigenvalue weighted by Crippen LogP contribution is 2.29. The van der Waals surface area contributed by atoms with Gasteiger partial charge in [-0.1, -0.05) is 18.2 Å². The fourth-order valence-electron chi connectivity index (χ4n) is 2.39. The monoisotopic (exact) mass is 303 g/mol. The number of carbonyl (C=O) groups is 2. The average molecular weight is 303 g/mol. The molecule has 0 radical (unpaired) electrons. The minimum Gasteiger partial charge on any atom is -0.502 e. The van der Waals surface area contributed by atoms with Crippen molar-refractivity contribution in [1.82, 2.24) is 4.90 Å². The van der Waals surface area contributed by atoms with Crippen LogP contribution >= 0.6 is 0 Å².